The molecule has 0 unspecified atom stereocenters. The molecule has 0 bridgehead atoms. The van der Waals surface area contributed by atoms with Gasteiger partial charge < -0.3 is 20.7 Å². The van der Waals surface area contributed by atoms with Crippen molar-refractivity contribution in [1.29, 1.82) is 0 Å². The summed E-state index contributed by atoms with van der Waals surface area (Å²) in [5.41, 5.74) is 7.78. The lowest BCUT2D eigenvalue weighted by molar-refractivity contribution is 0.163. The number of thiocarbonyl (C=S) groups is 1. The third-order valence-electron chi connectivity index (χ3n) is 2.98. The molecule has 0 spiro atoms. The van der Waals surface area contributed by atoms with E-state index in [1.54, 1.807) is 18.9 Å². The normalized spacial score (nSPS) is 10.8. The lowest BCUT2D eigenvalue weighted by atomic mass is 10.1. The molecule has 0 aromatic heterocycles. The molecule has 3 N–H and O–H groups in total. The van der Waals surface area contributed by atoms with Crippen molar-refractivity contribution in [3.8, 4) is 0 Å². The maximum Gasteiger partial charge on any atom is 0.107 e. The standard InChI is InChI=1S/C14H23N3OS2/c1-17(9-10-18-2)8-7-16-11-5-4-6-12(20-3)13(11)14(15)19/h4-6,16H,7-10H2,1-3H3,(H2,15,19). The lowest BCUT2D eigenvalue weighted by Crippen LogP contribution is -2.28. The number of hydrogen-bond donors (Lipinski definition) is 2. The van der Waals surface area contributed by atoms with E-state index in [1.165, 1.54) is 0 Å². The van der Waals surface area contributed by atoms with Crippen LogP contribution in [0.5, 0.6) is 0 Å². The van der Waals surface area contributed by atoms with Gasteiger partial charge in [-0.1, -0.05) is 18.3 Å². The van der Waals surface area contributed by atoms with Gasteiger partial charge in [-0.25, -0.2) is 0 Å². The number of nitrogens with two attached hydrogens (primary N) is 1. The summed E-state index contributed by atoms with van der Waals surface area (Å²) in [6, 6.07) is 6.07. The maximum absolute atomic E-state index is 5.84. The average Bonchev–Trinajstić information content (AvgIpc) is 2.44. The molecule has 1 rings (SSSR count). The van der Waals surface area contributed by atoms with Crippen LogP contribution in [0.2, 0.25) is 0 Å². The highest BCUT2D eigenvalue weighted by Gasteiger charge is 2.10. The first kappa shape index (κ1) is 17.2. The zero-order valence-electron chi connectivity index (χ0n) is 12.3. The number of ether oxygens (including phenoxy) is 1. The summed E-state index contributed by atoms with van der Waals surface area (Å²) in [6.45, 7) is 3.44. The van der Waals surface area contributed by atoms with Crippen LogP contribution in [-0.4, -0.2) is 56.5 Å². The maximum atomic E-state index is 5.84. The minimum Gasteiger partial charge on any atom is -0.389 e. The minimum absolute atomic E-state index is 0.435. The van der Waals surface area contributed by atoms with Gasteiger partial charge in [0.1, 0.15) is 4.99 Å². The van der Waals surface area contributed by atoms with E-state index < -0.39 is 0 Å². The lowest BCUT2D eigenvalue weighted by Gasteiger charge is -2.18. The zero-order valence-corrected chi connectivity index (χ0v) is 13.9. The van der Waals surface area contributed by atoms with E-state index in [-0.39, 0.29) is 0 Å². The van der Waals surface area contributed by atoms with Crippen molar-refractivity contribution >= 4 is 34.7 Å². The number of benzene rings is 1. The molecule has 0 aliphatic heterocycles. The molecule has 0 atom stereocenters. The van der Waals surface area contributed by atoms with E-state index in [0.717, 1.165) is 42.4 Å². The minimum atomic E-state index is 0.435. The van der Waals surface area contributed by atoms with E-state index >= 15 is 0 Å². The topological polar surface area (TPSA) is 50.5 Å². The number of rotatable bonds is 9. The number of hydrogen-bond acceptors (Lipinski definition) is 5. The van der Waals surface area contributed by atoms with Crippen LogP contribution >= 0.6 is 24.0 Å². The van der Waals surface area contributed by atoms with Crippen molar-refractivity contribution in [2.24, 2.45) is 5.73 Å². The van der Waals surface area contributed by atoms with Crippen LogP contribution < -0.4 is 11.1 Å². The monoisotopic (exact) mass is 313 g/mol. The van der Waals surface area contributed by atoms with Gasteiger partial charge >= 0.3 is 0 Å². The molecule has 0 heterocycles. The third kappa shape index (κ3) is 5.28. The molecular weight excluding hydrogens is 290 g/mol. The molecule has 0 saturated carbocycles. The first-order valence-electron chi connectivity index (χ1n) is 6.48. The van der Waals surface area contributed by atoms with Gasteiger partial charge in [-0.3, -0.25) is 0 Å². The van der Waals surface area contributed by atoms with E-state index in [4.69, 9.17) is 22.7 Å². The first-order valence-corrected chi connectivity index (χ1v) is 8.11. The quantitative estimate of drug-likeness (QED) is 0.537. The summed E-state index contributed by atoms with van der Waals surface area (Å²) in [6.07, 6.45) is 2.03. The van der Waals surface area contributed by atoms with E-state index in [2.05, 4.69) is 17.3 Å². The Bertz CT molecular complexity index is 440. The molecule has 1 aromatic rings. The van der Waals surface area contributed by atoms with Crippen LogP contribution in [0.25, 0.3) is 0 Å². The SMILES string of the molecule is COCCN(C)CCNc1cccc(SC)c1C(N)=S. The number of methoxy groups -OCH3 is 1. The Hall–Kier alpha value is -0.820. The van der Waals surface area contributed by atoms with Crippen LogP contribution in [0.3, 0.4) is 0 Å². The molecule has 112 valence electrons. The van der Waals surface area contributed by atoms with E-state index in [0.29, 0.717) is 4.99 Å². The fourth-order valence-electron chi connectivity index (χ4n) is 1.84. The Morgan fingerprint density at radius 1 is 1.45 bits per heavy atom. The fraction of sp³-hybridized carbons (Fsp3) is 0.500. The van der Waals surface area contributed by atoms with Gasteiger partial charge in [0.2, 0.25) is 0 Å². The molecule has 0 amide bonds. The van der Waals surface area contributed by atoms with E-state index in [9.17, 15) is 0 Å². The highest BCUT2D eigenvalue weighted by atomic mass is 32.2. The van der Waals surface area contributed by atoms with Crippen LogP contribution in [0.15, 0.2) is 23.1 Å². The van der Waals surface area contributed by atoms with Crippen molar-refractivity contribution in [2.75, 3.05) is 52.0 Å². The van der Waals surface area contributed by atoms with E-state index in [1.807, 2.05) is 24.5 Å². The van der Waals surface area contributed by atoms with Crippen molar-refractivity contribution in [2.45, 2.75) is 4.90 Å². The molecule has 0 fully saturated rings. The van der Waals surface area contributed by atoms with Gasteiger partial charge in [0.15, 0.2) is 0 Å². The van der Waals surface area contributed by atoms with Gasteiger partial charge in [-0.05, 0) is 25.4 Å². The summed E-state index contributed by atoms with van der Waals surface area (Å²) in [7, 11) is 3.79. The predicted molar refractivity (Wildman–Crippen MR) is 92.0 cm³/mol. The molecule has 0 aliphatic rings. The predicted octanol–water partition coefficient (Wildman–Crippen LogP) is 2.03. The molecule has 0 saturated heterocycles. The van der Waals surface area contributed by atoms with Gasteiger partial charge in [-0.2, -0.15) is 0 Å². The third-order valence-corrected chi connectivity index (χ3v) is 3.96. The van der Waals surface area contributed by atoms with Gasteiger partial charge in [0.25, 0.3) is 0 Å². The molecular formula is C14H23N3OS2. The van der Waals surface area contributed by atoms with Crippen molar-refractivity contribution in [1.82, 2.24) is 4.90 Å². The van der Waals surface area contributed by atoms with Gasteiger partial charge in [-0.15, -0.1) is 11.8 Å². The second-order valence-corrected chi connectivity index (χ2v) is 5.76. The van der Waals surface area contributed by atoms with Gasteiger partial charge in [0, 0.05) is 42.9 Å². The summed E-state index contributed by atoms with van der Waals surface area (Å²) < 4.78 is 5.06. The summed E-state index contributed by atoms with van der Waals surface area (Å²) in [5.74, 6) is 0. The summed E-state index contributed by atoms with van der Waals surface area (Å²) in [4.78, 5) is 3.76. The molecule has 0 radical (unpaired) electrons. The fourth-order valence-corrected chi connectivity index (χ4v) is 2.77. The molecule has 1 aromatic carbocycles. The first-order chi connectivity index (χ1) is 9.60. The van der Waals surface area contributed by atoms with Crippen LogP contribution in [0.4, 0.5) is 5.69 Å². The number of nitrogens with zero attached hydrogens (tertiary/aromatic N) is 1. The second kappa shape index (κ2) is 9.18. The number of anilines is 1. The molecule has 4 nitrogen and oxygen atoms in total. The number of nitrogens with one attached hydrogen (secondary N) is 1. The number of likely N-dealkylation sites (N-methyl/N-ethyl adjacent to an activating group) is 1. The van der Waals surface area contributed by atoms with Gasteiger partial charge in [0.05, 0.1) is 6.61 Å². The zero-order chi connectivity index (χ0) is 15.0. The summed E-state index contributed by atoms with van der Waals surface area (Å²) >= 11 is 6.81. The highest BCUT2D eigenvalue weighted by molar-refractivity contribution is 7.98. The number of thioether (sulfide) groups is 1. The Balaban J connectivity index is 2.62. The van der Waals surface area contributed by atoms with Crippen LogP contribution in [0, 0.1) is 0 Å². The molecule has 0 aliphatic carbocycles. The smallest absolute Gasteiger partial charge is 0.107 e. The largest absolute Gasteiger partial charge is 0.389 e. The van der Waals surface area contributed by atoms with Crippen molar-refractivity contribution in [3.63, 3.8) is 0 Å². The summed E-state index contributed by atoms with van der Waals surface area (Å²) in [5, 5.41) is 3.41. The average molecular weight is 313 g/mol. The van der Waals surface area contributed by atoms with Crippen molar-refractivity contribution < 1.29 is 4.74 Å². The van der Waals surface area contributed by atoms with Crippen LogP contribution in [0.1, 0.15) is 5.56 Å². The molecule has 20 heavy (non-hydrogen) atoms. The second-order valence-electron chi connectivity index (χ2n) is 4.47. The molecule has 6 heteroatoms. The Kier molecular flexibility index (Phi) is 7.91. The Morgan fingerprint density at radius 2 is 2.20 bits per heavy atom. The Morgan fingerprint density at radius 3 is 2.80 bits per heavy atom. The van der Waals surface area contributed by atoms with Crippen LogP contribution in [-0.2, 0) is 4.74 Å². The highest BCUT2D eigenvalue weighted by Crippen LogP contribution is 2.26. The van der Waals surface area contributed by atoms with Crippen molar-refractivity contribution in [3.05, 3.63) is 23.8 Å². The Labute approximate surface area is 131 Å².